The topological polar surface area (TPSA) is 64.1 Å². The fraction of sp³-hybridized carbons (Fsp3) is 0.0714. The molecule has 4 aromatic carbocycles. The summed E-state index contributed by atoms with van der Waals surface area (Å²) in [6.45, 7) is 2.44. The first-order valence-corrected chi connectivity index (χ1v) is 10.9. The van der Waals surface area contributed by atoms with Gasteiger partial charge in [0.15, 0.2) is 10.9 Å². The van der Waals surface area contributed by atoms with Gasteiger partial charge in [0.1, 0.15) is 5.75 Å². The Hall–Kier alpha value is -4.38. The molecular formula is C28H20N2O3. The van der Waals surface area contributed by atoms with Crippen LogP contribution in [0.4, 0.5) is 0 Å². The van der Waals surface area contributed by atoms with Crippen molar-refractivity contribution in [2.45, 2.75) is 6.92 Å². The summed E-state index contributed by atoms with van der Waals surface area (Å²) in [4.78, 5) is 30.3. The lowest BCUT2D eigenvalue weighted by Gasteiger charge is -2.17. The zero-order valence-corrected chi connectivity index (χ0v) is 18.0. The molecule has 0 saturated carbocycles. The van der Waals surface area contributed by atoms with Gasteiger partial charge in [-0.1, -0.05) is 30.3 Å². The van der Waals surface area contributed by atoms with Crippen LogP contribution in [0.5, 0.6) is 5.75 Å². The van der Waals surface area contributed by atoms with Gasteiger partial charge in [0, 0.05) is 27.4 Å². The molecule has 0 amide bonds. The molecule has 0 aliphatic carbocycles. The van der Waals surface area contributed by atoms with Crippen molar-refractivity contribution >= 4 is 43.6 Å². The fourth-order valence-corrected chi connectivity index (χ4v) is 4.61. The second kappa shape index (κ2) is 7.35. The van der Waals surface area contributed by atoms with Crippen LogP contribution in [0.3, 0.4) is 0 Å². The first-order valence-electron chi connectivity index (χ1n) is 10.9. The molecule has 0 fully saturated rings. The minimum absolute atomic E-state index is 0.0555. The Bertz CT molecular complexity index is 1820. The molecule has 0 spiro atoms. The molecule has 6 rings (SSSR count). The highest BCUT2D eigenvalue weighted by Gasteiger charge is 2.16. The molecule has 0 bridgehead atoms. The van der Waals surface area contributed by atoms with Crippen LogP contribution in [-0.2, 0) is 0 Å². The molecule has 2 aromatic heterocycles. The van der Waals surface area contributed by atoms with Crippen molar-refractivity contribution in [2.24, 2.45) is 0 Å². The molecule has 0 atom stereocenters. The quantitative estimate of drug-likeness (QED) is 0.374. The number of para-hydroxylation sites is 2. The average Bonchev–Trinajstić information content (AvgIpc) is 2.85. The van der Waals surface area contributed by atoms with E-state index in [-0.39, 0.29) is 10.9 Å². The summed E-state index contributed by atoms with van der Waals surface area (Å²) in [5, 5.41) is 2.29. The van der Waals surface area contributed by atoms with E-state index in [1.807, 2.05) is 84.3 Å². The van der Waals surface area contributed by atoms with Crippen LogP contribution in [0.25, 0.3) is 49.3 Å². The highest BCUT2D eigenvalue weighted by molar-refractivity contribution is 6.04. The zero-order valence-electron chi connectivity index (χ0n) is 18.0. The summed E-state index contributed by atoms with van der Waals surface area (Å²) < 4.78 is 7.70. The lowest BCUT2D eigenvalue weighted by Crippen LogP contribution is -2.12. The van der Waals surface area contributed by atoms with Gasteiger partial charge < -0.3 is 14.3 Å². The van der Waals surface area contributed by atoms with E-state index in [0.29, 0.717) is 44.9 Å². The second-order valence-corrected chi connectivity index (χ2v) is 8.03. The average molecular weight is 432 g/mol. The summed E-state index contributed by atoms with van der Waals surface area (Å²) in [7, 11) is 0. The van der Waals surface area contributed by atoms with Crippen molar-refractivity contribution in [3.8, 4) is 11.4 Å². The number of hydrogen-bond donors (Lipinski definition) is 1. The number of H-pyrrole nitrogens is 1. The number of rotatable bonds is 3. The summed E-state index contributed by atoms with van der Waals surface area (Å²) in [5.41, 5.74) is 3.60. The second-order valence-electron chi connectivity index (χ2n) is 8.03. The Morgan fingerprint density at radius 2 is 1.42 bits per heavy atom. The van der Waals surface area contributed by atoms with Gasteiger partial charge in [-0.05, 0) is 61.5 Å². The molecule has 2 heterocycles. The number of fused-ring (bicyclic) bond motifs is 4. The van der Waals surface area contributed by atoms with Crippen LogP contribution in [0.2, 0.25) is 0 Å². The van der Waals surface area contributed by atoms with Crippen LogP contribution < -0.4 is 15.6 Å². The van der Waals surface area contributed by atoms with Crippen molar-refractivity contribution in [3.63, 3.8) is 0 Å². The minimum atomic E-state index is -0.0929. The number of aromatic nitrogens is 2. The van der Waals surface area contributed by atoms with Gasteiger partial charge >= 0.3 is 0 Å². The van der Waals surface area contributed by atoms with E-state index in [9.17, 15) is 9.59 Å². The molecule has 5 nitrogen and oxygen atoms in total. The molecule has 6 aromatic rings. The Kier molecular flexibility index (Phi) is 4.30. The molecule has 0 aliphatic rings. The first kappa shape index (κ1) is 19.3. The van der Waals surface area contributed by atoms with Crippen molar-refractivity contribution in [3.05, 3.63) is 105 Å². The highest BCUT2D eigenvalue weighted by Crippen LogP contribution is 2.29. The van der Waals surface area contributed by atoms with Crippen molar-refractivity contribution in [1.82, 2.24) is 9.55 Å². The Morgan fingerprint density at radius 1 is 0.697 bits per heavy atom. The van der Waals surface area contributed by atoms with Gasteiger partial charge in [-0.3, -0.25) is 9.59 Å². The van der Waals surface area contributed by atoms with E-state index < -0.39 is 0 Å². The van der Waals surface area contributed by atoms with Crippen molar-refractivity contribution < 1.29 is 4.74 Å². The van der Waals surface area contributed by atoms with Gasteiger partial charge in [-0.25, -0.2) is 0 Å². The van der Waals surface area contributed by atoms with Crippen LogP contribution in [0, 0.1) is 0 Å². The van der Waals surface area contributed by atoms with Gasteiger partial charge in [-0.15, -0.1) is 0 Å². The SMILES string of the molecule is CCOc1ccc2c(c1)c(=O)c1cc3[nH]c4ccccc4c(=O)c3cc1n2-c1ccccc1. The predicted octanol–water partition coefficient (Wildman–Crippen LogP) is 5.54. The number of nitrogens with one attached hydrogen (secondary N) is 1. The molecule has 160 valence electrons. The standard InChI is InChI=1S/C28H20N2O3/c1-2-33-18-12-13-25-21(14-18)28(32)22-15-24-20(27(31)19-10-6-7-11-23(19)29-24)16-26(22)30(25)17-8-4-3-5-9-17/h3-16H,2H2,1H3,(H,29,31). The number of nitrogens with zero attached hydrogens (tertiary/aromatic N) is 1. The zero-order chi connectivity index (χ0) is 22.5. The molecule has 0 saturated heterocycles. The van der Waals surface area contributed by atoms with Gasteiger partial charge in [0.25, 0.3) is 0 Å². The Labute approximate surface area is 188 Å². The number of pyridine rings is 2. The summed E-state index contributed by atoms with van der Waals surface area (Å²) in [6.07, 6.45) is 0. The van der Waals surface area contributed by atoms with Crippen LogP contribution in [0.1, 0.15) is 6.92 Å². The Morgan fingerprint density at radius 3 is 2.24 bits per heavy atom. The molecule has 1 N–H and O–H groups in total. The Balaban J connectivity index is 1.84. The largest absolute Gasteiger partial charge is 0.494 e. The third-order valence-corrected chi connectivity index (χ3v) is 6.09. The third kappa shape index (κ3) is 2.93. The fourth-order valence-electron chi connectivity index (χ4n) is 4.61. The van der Waals surface area contributed by atoms with Crippen molar-refractivity contribution in [2.75, 3.05) is 6.61 Å². The number of benzene rings is 4. The van der Waals surface area contributed by atoms with E-state index in [2.05, 4.69) is 4.98 Å². The van der Waals surface area contributed by atoms with Gasteiger partial charge in [0.2, 0.25) is 0 Å². The lowest BCUT2D eigenvalue weighted by molar-refractivity contribution is 0.340. The van der Waals surface area contributed by atoms with E-state index >= 15 is 0 Å². The minimum Gasteiger partial charge on any atom is -0.494 e. The van der Waals surface area contributed by atoms with E-state index in [1.165, 1.54) is 0 Å². The molecule has 0 aliphatic heterocycles. The maximum Gasteiger partial charge on any atom is 0.197 e. The molecule has 0 unspecified atom stereocenters. The number of aromatic amines is 1. The molecular weight excluding hydrogens is 412 g/mol. The van der Waals surface area contributed by atoms with Crippen LogP contribution >= 0.6 is 0 Å². The summed E-state index contributed by atoms with van der Waals surface area (Å²) in [6, 6.07) is 26.5. The molecule has 0 radical (unpaired) electrons. The van der Waals surface area contributed by atoms with Crippen LogP contribution in [0.15, 0.2) is 94.5 Å². The monoisotopic (exact) mass is 432 g/mol. The van der Waals surface area contributed by atoms with Gasteiger partial charge in [-0.2, -0.15) is 0 Å². The summed E-state index contributed by atoms with van der Waals surface area (Å²) >= 11 is 0. The molecule has 5 heteroatoms. The van der Waals surface area contributed by atoms with E-state index in [4.69, 9.17) is 4.74 Å². The predicted molar refractivity (Wildman–Crippen MR) is 134 cm³/mol. The van der Waals surface area contributed by atoms with Crippen LogP contribution in [-0.4, -0.2) is 16.2 Å². The highest BCUT2D eigenvalue weighted by atomic mass is 16.5. The maximum absolute atomic E-state index is 13.7. The lowest BCUT2D eigenvalue weighted by atomic mass is 10.0. The molecule has 33 heavy (non-hydrogen) atoms. The third-order valence-electron chi connectivity index (χ3n) is 6.09. The first-order chi connectivity index (χ1) is 16.2. The number of ether oxygens (including phenoxy) is 1. The normalized spacial score (nSPS) is 11.5. The van der Waals surface area contributed by atoms with E-state index in [0.717, 1.165) is 16.7 Å². The van der Waals surface area contributed by atoms with E-state index in [1.54, 1.807) is 12.1 Å². The maximum atomic E-state index is 13.7. The summed E-state index contributed by atoms with van der Waals surface area (Å²) in [5.74, 6) is 0.654. The smallest absolute Gasteiger partial charge is 0.197 e. The van der Waals surface area contributed by atoms with Gasteiger partial charge in [0.05, 0.1) is 28.5 Å². The number of hydrogen-bond acceptors (Lipinski definition) is 3. The van der Waals surface area contributed by atoms with Crippen molar-refractivity contribution in [1.29, 1.82) is 0 Å².